The number of benzene rings is 3. The normalized spacial score (nSPS) is 10.4. The van der Waals surface area contributed by atoms with Crippen LogP contribution >= 0.6 is 0 Å². The molecule has 0 radical (unpaired) electrons. The van der Waals surface area contributed by atoms with Crippen LogP contribution in [0.5, 0.6) is 23.0 Å². The average molecular weight is 421 g/mol. The van der Waals surface area contributed by atoms with Crippen molar-refractivity contribution in [3.05, 3.63) is 76.9 Å². The maximum absolute atomic E-state index is 12.9. The molecule has 31 heavy (non-hydrogen) atoms. The van der Waals surface area contributed by atoms with Crippen molar-refractivity contribution in [3.8, 4) is 23.0 Å². The van der Waals surface area contributed by atoms with Crippen LogP contribution in [-0.2, 0) is 6.61 Å². The molecule has 0 fully saturated rings. The summed E-state index contributed by atoms with van der Waals surface area (Å²) in [6.07, 6.45) is 0. The Kier molecular flexibility index (Phi) is 7.03. The molecule has 1 N–H and O–H groups in total. The number of carbonyl (C=O) groups excluding carboxylic acids is 1. The van der Waals surface area contributed by atoms with E-state index in [9.17, 15) is 4.79 Å². The molecule has 0 aliphatic heterocycles. The lowest BCUT2D eigenvalue weighted by atomic mass is 10.1. The number of ether oxygens (including phenoxy) is 4. The van der Waals surface area contributed by atoms with Gasteiger partial charge in [0.25, 0.3) is 5.91 Å². The van der Waals surface area contributed by atoms with E-state index < -0.39 is 0 Å². The highest BCUT2D eigenvalue weighted by Crippen LogP contribution is 2.30. The van der Waals surface area contributed by atoms with Crippen molar-refractivity contribution < 1.29 is 23.7 Å². The third kappa shape index (κ3) is 5.48. The van der Waals surface area contributed by atoms with Crippen molar-refractivity contribution in [1.82, 2.24) is 0 Å². The van der Waals surface area contributed by atoms with Crippen molar-refractivity contribution in [3.63, 3.8) is 0 Å². The van der Waals surface area contributed by atoms with Gasteiger partial charge in [-0.15, -0.1) is 0 Å². The molecule has 162 valence electrons. The Balaban J connectivity index is 1.81. The fourth-order valence-electron chi connectivity index (χ4n) is 3.32. The first-order valence-electron chi connectivity index (χ1n) is 9.85. The lowest BCUT2D eigenvalue weighted by Gasteiger charge is -2.14. The smallest absolute Gasteiger partial charge is 0.255 e. The number of aryl methyl sites for hydroxylation is 2. The van der Waals surface area contributed by atoms with E-state index in [0.717, 1.165) is 22.4 Å². The molecule has 3 rings (SSSR count). The molecule has 0 bridgehead atoms. The lowest BCUT2D eigenvalue weighted by Crippen LogP contribution is -2.13. The van der Waals surface area contributed by atoms with Gasteiger partial charge >= 0.3 is 0 Å². The van der Waals surface area contributed by atoms with Crippen LogP contribution in [-0.4, -0.2) is 27.2 Å². The SMILES string of the molecule is COc1ccc(OC)c(NC(=O)c2ccc(OC)c(COc3cc(C)cc(C)c3)c2)c1. The van der Waals surface area contributed by atoms with Gasteiger partial charge in [0.05, 0.1) is 27.0 Å². The van der Waals surface area contributed by atoms with Gasteiger partial charge in [0, 0.05) is 17.2 Å². The molecule has 0 atom stereocenters. The number of hydrogen-bond donors (Lipinski definition) is 1. The minimum absolute atomic E-state index is 0.273. The zero-order valence-corrected chi connectivity index (χ0v) is 18.4. The second-order valence-electron chi connectivity index (χ2n) is 7.16. The standard InChI is InChI=1S/C25H27NO5/c1-16-10-17(2)12-21(11-16)31-15-19-13-18(6-8-23(19)29-4)25(27)26-22-14-20(28-3)7-9-24(22)30-5/h6-14H,15H2,1-5H3,(H,26,27). The largest absolute Gasteiger partial charge is 0.497 e. The second-order valence-corrected chi connectivity index (χ2v) is 7.16. The molecule has 0 spiro atoms. The highest BCUT2D eigenvalue weighted by atomic mass is 16.5. The van der Waals surface area contributed by atoms with Crippen molar-refractivity contribution in [2.24, 2.45) is 0 Å². The van der Waals surface area contributed by atoms with E-state index in [4.69, 9.17) is 18.9 Å². The lowest BCUT2D eigenvalue weighted by molar-refractivity contribution is 0.102. The number of hydrogen-bond acceptors (Lipinski definition) is 5. The van der Waals surface area contributed by atoms with Crippen LogP contribution in [0.2, 0.25) is 0 Å². The van der Waals surface area contributed by atoms with E-state index >= 15 is 0 Å². The molecule has 3 aromatic rings. The number of amides is 1. The maximum atomic E-state index is 12.9. The fourth-order valence-corrected chi connectivity index (χ4v) is 3.32. The predicted octanol–water partition coefficient (Wildman–Crippen LogP) is 5.16. The van der Waals surface area contributed by atoms with E-state index in [0.29, 0.717) is 28.5 Å². The monoisotopic (exact) mass is 421 g/mol. The quantitative estimate of drug-likeness (QED) is 0.544. The van der Waals surface area contributed by atoms with Crippen LogP contribution in [0.4, 0.5) is 5.69 Å². The Morgan fingerprint density at radius 3 is 2.10 bits per heavy atom. The Labute approximate surface area is 182 Å². The summed E-state index contributed by atoms with van der Waals surface area (Å²) >= 11 is 0. The molecule has 6 heteroatoms. The summed E-state index contributed by atoms with van der Waals surface area (Å²) in [6.45, 7) is 4.33. The Bertz CT molecular complexity index is 1060. The second kappa shape index (κ2) is 9.89. The summed E-state index contributed by atoms with van der Waals surface area (Å²) in [5.74, 6) is 2.31. The molecule has 1 amide bonds. The molecule has 0 aliphatic carbocycles. The molecule has 0 unspecified atom stereocenters. The number of carbonyl (C=O) groups is 1. The zero-order chi connectivity index (χ0) is 22.4. The summed E-state index contributed by atoms with van der Waals surface area (Å²) < 4.78 is 22.0. The van der Waals surface area contributed by atoms with Gasteiger partial charge in [-0.2, -0.15) is 0 Å². The molecule has 3 aromatic carbocycles. The summed E-state index contributed by atoms with van der Waals surface area (Å²) in [4.78, 5) is 12.9. The van der Waals surface area contributed by atoms with Crippen molar-refractivity contribution in [1.29, 1.82) is 0 Å². The molecule has 0 aromatic heterocycles. The van der Waals surface area contributed by atoms with Crippen molar-refractivity contribution in [2.45, 2.75) is 20.5 Å². The predicted molar refractivity (Wildman–Crippen MR) is 121 cm³/mol. The minimum atomic E-state index is -0.276. The third-order valence-electron chi connectivity index (χ3n) is 4.79. The number of anilines is 1. The van der Waals surface area contributed by atoms with Gasteiger partial charge in [-0.05, 0) is 67.4 Å². The third-order valence-corrected chi connectivity index (χ3v) is 4.79. The van der Waals surface area contributed by atoms with Gasteiger partial charge in [0.1, 0.15) is 29.6 Å². The highest BCUT2D eigenvalue weighted by Gasteiger charge is 2.14. The molecular formula is C25H27NO5. The van der Waals surface area contributed by atoms with Crippen LogP contribution in [0.15, 0.2) is 54.6 Å². The van der Waals surface area contributed by atoms with E-state index in [1.165, 1.54) is 0 Å². The van der Waals surface area contributed by atoms with E-state index in [1.807, 2.05) is 26.0 Å². The molecule has 6 nitrogen and oxygen atoms in total. The van der Waals surface area contributed by atoms with Crippen molar-refractivity contribution in [2.75, 3.05) is 26.6 Å². The van der Waals surface area contributed by atoms with Gasteiger partial charge in [-0.25, -0.2) is 0 Å². The molecular weight excluding hydrogens is 394 g/mol. The Hall–Kier alpha value is -3.67. The molecule has 0 heterocycles. The zero-order valence-electron chi connectivity index (χ0n) is 18.4. The van der Waals surface area contributed by atoms with Crippen LogP contribution in [0.1, 0.15) is 27.0 Å². The summed E-state index contributed by atoms with van der Waals surface area (Å²) in [6, 6.07) is 16.5. The van der Waals surface area contributed by atoms with Gasteiger partial charge in [-0.1, -0.05) is 6.07 Å². The van der Waals surface area contributed by atoms with Gasteiger partial charge in [-0.3, -0.25) is 4.79 Å². The van der Waals surface area contributed by atoms with Gasteiger partial charge < -0.3 is 24.3 Å². The first-order valence-corrected chi connectivity index (χ1v) is 9.85. The van der Waals surface area contributed by atoms with Crippen LogP contribution < -0.4 is 24.3 Å². The van der Waals surface area contributed by atoms with E-state index in [-0.39, 0.29) is 12.5 Å². The number of nitrogens with one attached hydrogen (secondary N) is 1. The summed E-state index contributed by atoms with van der Waals surface area (Å²) in [5.41, 5.74) is 4.02. The molecule has 0 aliphatic rings. The minimum Gasteiger partial charge on any atom is -0.497 e. The molecule has 0 saturated heterocycles. The summed E-state index contributed by atoms with van der Waals surface area (Å²) in [7, 11) is 4.71. The van der Waals surface area contributed by atoms with Crippen LogP contribution in [0.3, 0.4) is 0 Å². The van der Waals surface area contributed by atoms with Crippen molar-refractivity contribution >= 4 is 11.6 Å². The highest BCUT2D eigenvalue weighted by molar-refractivity contribution is 6.05. The van der Waals surface area contributed by atoms with Gasteiger partial charge in [0.15, 0.2) is 0 Å². The Morgan fingerprint density at radius 1 is 0.774 bits per heavy atom. The number of rotatable bonds is 8. The van der Waals surface area contributed by atoms with Gasteiger partial charge in [0.2, 0.25) is 0 Å². The van der Waals surface area contributed by atoms with Crippen LogP contribution in [0, 0.1) is 13.8 Å². The molecule has 0 saturated carbocycles. The summed E-state index contributed by atoms with van der Waals surface area (Å²) in [5, 5.41) is 2.88. The fraction of sp³-hybridized carbons (Fsp3) is 0.240. The Morgan fingerprint density at radius 2 is 1.45 bits per heavy atom. The topological polar surface area (TPSA) is 66.0 Å². The number of methoxy groups -OCH3 is 3. The first-order chi connectivity index (χ1) is 14.9. The first kappa shape index (κ1) is 22.0. The van der Waals surface area contributed by atoms with E-state index in [2.05, 4.69) is 11.4 Å². The average Bonchev–Trinajstić information content (AvgIpc) is 2.76. The maximum Gasteiger partial charge on any atom is 0.255 e. The van der Waals surface area contributed by atoms with E-state index in [1.54, 1.807) is 57.7 Å². The van der Waals surface area contributed by atoms with Crippen LogP contribution in [0.25, 0.3) is 0 Å².